The monoisotopic (exact) mass is 189 g/mol. The van der Waals surface area contributed by atoms with E-state index in [-0.39, 0.29) is 5.82 Å². The van der Waals surface area contributed by atoms with Gasteiger partial charge in [-0.3, -0.25) is 4.99 Å². The zero-order valence-corrected chi connectivity index (χ0v) is 8.34. The number of benzene rings is 1. The molecule has 0 spiro atoms. The van der Waals surface area contributed by atoms with Crippen LogP contribution in [0.2, 0.25) is 0 Å². The molecular weight excluding hydrogens is 177 g/mol. The number of aliphatic imine (C=N–C) groups is 1. The van der Waals surface area contributed by atoms with Crippen molar-refractivity contribution in [3.63, 3.8) is 0 Å². The highest BCUT2D eigenvalue weighted by Gasteiger charge is 2.08. The maximum atomic E-state index is 13.1. The Bertz CT molecular complexity index is 396. The molecule has 1 aromatic rings. The zero-order chi connectivity index (χ0) is 10.6. The van der Waals surface area contributed by atoms with Crippen LogP contribution in [-0.4, -0.2) is 12.3 Å². The van der Waals surface area contributed by atoms with Gasteiger partial charge in [0.25, 0.3) is 0 Å². The van der Waals surface area contributed by atoms with E-state index in [9.17, 15) is 4.39 Å². The van der Waals surface area contributed by atoms with Gasteiger partial charge in [-0.05, 0) is 32.7 Å². The van der Waals surface area contributed by atoms with Crippen LogP contribution in [0, 0.1) is 17.7 Å². The van der Waals surface area contributed by atoms with Crippen molar-refractivity contribution < 1.29 is 4.39 Å². The third-order valence-electron chi connectivity index (χ3n) is 1.77. The Kier molecular flexibility index (Phi) is 3.03. The minimum absolute atomic E-state index is 0.306. The second kappa shape index (κ2) is 4.06. The molecule has 0 N–H and O–H groups in total. The summed E-state index contributed by atoms with van der Waals surface area (Å²) < 4.78 is 13.1. The van der Waals surface area contributed by atoms with E-state index in [1.54, 1.807) is 18.2 Å². The molecule has 0 amide bonds. The number of hydrogen-bond donors (Lipinski definition) is 0. The minimum Gasteiger partial charge on any atom is -0.282 e. The maximum absolute atomic E-state index is 13.1. The molecule has 1 rings (SSSR count). The van der Waals surface area contributed by atoms with Crippen LogP contribution in [0.3, 0.4) is 0 Å². The van der Waals surface area contributed by atoms with E-state index in [1.807, 2.05) is 13.8 Å². The Balaban J connectivity index is 2.99. The smallest absolute Gasteiger partial charge is 0.138 e. The van der Waals surface area contributed by atoms with Crippen LogP contribution < -0.4 is 0 Å². The first-order valence-corrected chi connectivity index (χ1v) is 4.31. The lowest BCUT2D eigenvalue weighted by Gasteiger charge is -2.08. The zero-order valence-electron chi connectivity index (χ0n) is 8.34. The standard InChI is InChI=1S/C12H12FN/c1-12(2,14-3)9-8-10-6-4-5-7-11(10)13/h4-7H,3H2,1-2H3. The van der Waals surface area contributed by atoms with E-state index in [2.05, 4.69) is 23.6 Å². The first kappa shape index (κ1) is 10.5. The molecule has 0 radical (unpaired) electrons. The third kappa shape index (κ3) is 2.70. The van der Waals surface area contributed by atoms with Crippen molar-refractivity contribution in [1.82, 2.24) is 0 Å². The summed E-state index contributed by atoms with van der Waals surface area (Å²) in [4.78, 5) is 3.82. The van der Waals surface area contributed by atoms with Gasteiger partial charge in [-0.15, -0.1) is 0 Å². The van der Waals surface area contributed by atoms with Gasteiger partial charge in [-0.1, -0.05) is 24.0 Å². The average Bonchev–Trinajstić information content (AvgIpc) is 2.17. The van der Waals surface area contributed by atoms with Gasteiger partial charge in [0.2, 0.25) is 0 Å². The fourth-order valence-corrected chi connectivity index (χ4v) is 0.822. The molecule has 0 fully saturated rings. The molecular formula is C12H12FN. The number of nitrogens with zero attached hydrogens (tertiary/aromatic N) is 1. The first-order valence-electron chi connectivity index (χ1n) is 4.31. The molecule has 0 aliphatic rings. The summed E-state index contributed by atoms with van der Waals surface area (Å²) >= 11 is 0. The molecule has 0 aliphatic heterocycles. The Morgan fingerprint density at radius 3 is 2.57 bits per heavy atom. The van der Waals surface area contributed by atoms with Crippen LogP contribution in [0.1, 0.15) is 19.4 Å². The van der Waals surface area contributed by atoms with Crippen molar-refractivity contribution in [2.75, 3.05) is 0 Å². The highest BCUT2D eigenvalue weighted by Crippen LogP contribution is 2.08. The van der Waals surface area contributed by atoms with Crippen LogP contribution in [0.25, 0.3) is 0 Å². The van der Waals surface area contributed by atoms with Gasteiger partial charge in [0.15, 0.2) is 0 Å². The molecule has 0 unspecified atom stereocenters. The first-order chi connectivity index (χ1) is 6.55. The molecule has 0 saturated carbocycles. The third-order valence-corrected chi connectivity index (χ3v) is 1.77. The van der Waals surface area contributed by atoms with E-state index in [4.69, 9.17) is 0 Å². The molecule has 2 heteroatoms. The fourth-order valence-electron chi connectivity index (χ4n) is 0.822. The van der Waals surface area contributed by atoms with Crippen molar-refractivity contribution in [3.05, 3.63) is 35.6 Å². The van der Waals surface area contributed by atoms with Gasteiger partial charge in [0.05, 0.1) is 5.56 Å². The number of halogens is 1. The summed E-state index contributed by atoms with van der Waals surface area (Å²) in [6, 6.07) is 6.42. The lowest BCUT2D eigenvalue weighted by molar-refractivity contribution is 0.624. The molecule has 0 saturated heterocycles. The quantitative estimate of drug-likeness (QED) is 0.475. The van der Waals surface area contributed by atoms with Gasteiger partial charge >= 0.3 is 0 Å². The van der Waals surface area contributed by atoms with Gasteiger partial charge in [0, 0.05) is 0 Å². The normalized spacial score (nSPS) is 10.2. The molecule has 0 atom stereocenters. The van der Waals surface area contributed by atoms with E-state index in [1.165, 1.54) is 6.07 Å². The van der Waals surface area contributed by atoms with Crippen LogP contribution >= 0.6 is 0 Å². The molecule has 0 aliphatic carbocycles. The summed E-state index contributed by atoms with van der Waals surface area (Å²) in [5.74, 6) is 5.29. The van der Waals surface area contributed by atoms with E-state index < -0.39 is 5.54 Å². The predicted octanol–water partition coefficient (Wildman–Crippen LogP) is 2.66. The highest BCUT2D eigenvalue weighted by atomic mass is 19.1. The average molecular weight is 189 g/mol. The molecule has 1 nitrogen and oxygen atoms in total. The molecule has 0 bridgehead atoms. The molecule has 0 aromatic heterocycles. The Labute approximate surface area is 83.7 Å². The SMILES string of the molecule is C=NC(C)(C)C#Cc1ccccc1F. The summed E-state index contributed by atoms with van der Waals surface area (Å²) in [7, 11) is 0. The van der Waals surface area contributed by atoms with E-state index in [0.717, 1.165) is 0 Å². The maximum Gasteiger partial charge on any atom is 0.138 e. The highest BCUT2D eigenvalue weighted by molar-refractivity contribution is 5.39. The van der Waals surface area contributed by atoms with Gasteiger partial charge in [-0.2, -0.15) is 0 Å². The Morgan fingerprint density at radius 2 is 2.00 bits per heavy atom. The molecule has 1 aromatic carbocycles. The largest absolute Gasteiger partial charge is 0.282 e. The topological polar surface area (TPSA) is 12.4 Å². The summed E-state index contributed by atoms with van der Waals surface area (Å²) in [6.45, 7) is 7.08. The van der Waals surface area contributed by atoms with Crippen LogP contribution in [0.5, 0.6) is 0 Å². The second-order valence-electron chi connectivity index (χ2n) is 3.45. The molecule has 14 heavy (non-hydrogen) atoms. The van der Waals surface area contributed by atoms with Crippen molar-refractivity contribution in [2.24, 2.45) is 4.99 Å². The Morgan fingerprint density at radius 1 is 1.36 bits per heavy atom. The van der Waals surface area contributed by atoms with E-state index >= 15 is 0 Å². The summed E-state index contributed by atoms with van der Waals surface area (Å²) in [5, 5.41) is 0. The number of rotatable bonds is 1. The summed E-state index contributed by atoms with van der Waals surface area (Å²) in [6.07, 6.45) is 0. The Hall–Kier alpha value is -1.62. The minimum atomic E-state index is -0.526. The predicted molar refractivity (Wildman–Crippen MR) is 56.9 cm³/mol. The fraction of sp³-hybridized carbons (Fsp3) is 0.250. The van der Waals surface area contributed by atoms with Crippen molar-refractivity contribution >= 4 is 6.72 Å². The summed E-state index contributed by atoms with van der Waals surface area (Å²) in [5.41, 5.74) is -0.133. The van der Waals surface area contributed by atoms with E-state index in [0.29, 0.717) is 5.56 Å². The van der Waals surface area contributed by atoms with Crippen LogP contribution in [0.4, 0.5) is 4.39 Å². The van der Waals surface area contributed by atoms with Crippen LogP contribution in [0.15, 0.2) is 29.3 Å². The van der Waals surface area contributed by atoms with Crippen molar-refractivity contribution in [1.29, 1.82) is 0 Å². The molecule has 72 valence electrons. The van der Waals surface area contributed by atoms with Gasteiger partial charge in [-0.25, -0.2) is 4.39 Å². The number of hydrogen-bond acceptors (Lipinski definition) is 1. The van der Waals surface area contributed by atoms with Gasteiger partial charge in [0.1, 0.15) is 11.4 Å². The lowest BCUT2D eigenvalue weighted by atomic mass is 10.1. The van der Waals surface area contributed by atoms with Gasteiger partial charge < -0.3 is 0 Å². The molecule has 0 heterocycles. The lowest BCUT2D eigenvalue weighted by Crippen LogP contribution is -2.11. The van der Waals surface area contributed by atoms with Crippen molar-refractivity contribution in [2.45, 2.75) is 19.4 Å². The second-order valence-corrected chi connectivity index (χ2v) is 3.45. The van der Waals surface area contributed by atoms with Crippen molar-refractivity contribution in [3.8, 4) is 11.8 Å². The van der Waals surface area contributed by atoms with Crippen LogP contribution in [-0.2, 0) is 0 Å².